The minimum Gasteiger partial charge on any atom is -0.497 e. The van der Waals surface area contributed by atoms with Gasteiger partial charge in [-0.2, -0.15) is 0 Å². The van der Waals surface area contributed by atoms with Gasteiger partial charge in [0.2, 0.25) is 11.1 Å². The molecule has 0 bridgehead atoms. The maximum absolute atomic E-state index is 11.9. The van der Waals surface area contributed by atoms with Crippen LogP contribution < -0.4 is 14.8 Å². The molecule has 0 spiro atoms. The molecule has 0 aliphatic heterocycles. The Kier molecular flexibility index (Phi) is 4.99. The molecule has 0 saturated carbocycles. The molecule has 1 aromatic carbocycles. The number of hydrogen-bond donors (Lipinski definition) is 1. The summed E-state index contributed by atoms with van der Waals surface area (Å²) in [4.78, 5) is 11.9. The lowest BCUT2D eigenvalue weighted by Crippen LogP contribution is -2.14. The molecule has 0 atom stereocenters. The predicted molar refractivity (Wildman–Crippen MR) is 77.7 cm³/mol. The second-order valence-corrected chi connectivity index (χ2v) is 4.97. The average molecular weight is 309 g/mol. The number of nitrogens with one attached hydrogen (secondary N) is 1. The largest absolute Gasteiger partial charge is 0.497 e. The fraction of sp³-hybridized carbons (Fsp3) is 0.333. The molecule has 2 rings (SSSR count). The van der Waals surface area contributed by atoms with Crippen LogP contribution >= 0.6 is 11.8 Å². The van der Waals surface area contributed by atoms with Crippen molar-refractivity contribution >= 4 is 23.4 Å². The topological polar surface area (TPSA) is 91.2 Å². The van der Waals surface area contributed by atoms with Crippen LogP contribution in [-0.2, 0) is 11.8 Å². The predicted octanol–water partition coefficient (Wildman–Crippen LogP) is 0.958. The van der Waals surface area contributed by atoms with Gasteiger partial charge in [0.25, 0.3) is 0 Å². The Hall–Kier alpha value is -2.29. The molecule has 112 valence electrons. The van der Waals surface area contributed by atoms with Crippen molar-refractivity contribution in [2.45, 2.75) is 5.16 Å². The van der Waals surface area contributed by atoms with E-state index in [-0.39, 0.29) is 11.7 Å². The maximum atomic E-state index is 11.9. The normalized spacial score (nSPS) is 10.2. The summed E-state index contributed by atoms with van der Waals surface area (Å²) in [5.74, 6) is 1.25. The lowest BCUT2D eigenvalue weighted by Gasteiger charge is -2.09. The number of hydrogen-bond acceptors (Lipinski definition) is 7. The van der Waals surface area contributed by atoms with Gasteiger partial charge in [-0.05, 0) is 10.4 Å². The number of thioether (sulfide) groups is 1. The van der Waals surface area contributed by atoms with E-state index in [4.69, 9.17) is 9.47 Å². The smallest absolute Gasteiger partial charge is 0.234 e. The molecule has 0 aliphatic rings. The van der Waals surface area contributed by atoms with E-state index in [0.717, 1.165) is 0 Å². The van der Waals surface area contributed by atoms with E-state index in [2.05, 4.69) is 20.8 Å². The first-order chi connectivity index (χ1) is 10.1. The van der Waals surface area contributed by atoms with Crippen LogP contribution in [0.4, 0.5) is 5.69 Å². The first kappa shape index (κ1) is 15.1. The van der Waals surface area contributed by atoms with Crippen molar-refractivity contribution in [1.29, 1.82) is 0 Å². The van der Waals surface area contributed by atoms with Crippen molar-refractivity contribution in [2.75, 3.05) is 25.3 Å². The number of anilines is 1. The minimum absolute atomic E-state index is 0.168. The number of amides is 1. The Bertz CT molecular complexity index is 609. The number of aromatic nitrogens is 4. The molecule has 2 aromatic rings. The van der Waals surface area contributed by atoms with Crippen molar-refractivity contribution in [3.63, 3.8) is 0 Å². The molecule has 0 fully saturated rings. The van der Waals surface area contributed by atoms with Crippen LogP contribution in [0.1, 0.15) is 0 Å². The second-order valence-electron chi connectivity index (χ2n) is 4.02. The quantitative estimate of drug-likeness (QED) is 0.795. The number of ether oxygens (including phenoxy) is 2. The monoisotopic (exact) mass is 309 g/mol. The third kappa shape index (κ3) is 4.09. The number of carbonyl (C=O) groups excluding carboxylic acids is 1. The van der Waals surface area contributed by atoms with Gasteiger partial charge < -0.3 is 14.8 Å². The Labute approximate surface area is 125 Å². The molecule has 1 amide bonds. The molecule has 1 aromatic heterocycles. The van der Waals surface area contributed by atoms with Gasteiger partial charge in [0.1, 0.15) is 11.5 Å². The van der Waals surface area contributed by atoms with Gasteiger partial charge in [-0.1, -0.05) is 11.8 Å². The summed E-state index contributed by atoms with van der Waals surface area (Å²) in [6.07, 6.45) is 0. The van der Waals surface area contributed by atoms with E-state index in [1.54, 1.807) is 39.5 Å². The van der Waals surface area contributed by atoms with Gasteiger partial charge in [-0.3, -0.25) is 4.79 Å². The average Bonchev–Trinajstić information content (AvgIpc) is 2.90. The number of aryl methyl sites for hydroxylation is 1. The van der Waals surface area contributed by atoms with Gasteiger partial charge in [0, 0.05) is 30.9 Å². The standard InChI is InChI=1S/C12H15N5O3S/c1-17-12(14-15-16-17)21-7-11(18)13-8-4-9(19-2)6-10(5-8)20-3/h4-6H,7H2,1-3H3,(H,13,18). The highest BCUT2D eigenvalue weighted by Crippen LogP contribution is 2.26. The fourth-order valence-corrected chi connectivity index (χ4v) is 2.20. The van der Waals surface area contributed by atoms with Crippen molar-refractivity contribution in [2.24, 2.45) is 7.05 Å². The summed E-state index contributed by atoms with van der Waals surface area (Å²) in [6, 6.07) is 5.17. The molecule has 1 heterocycles. The zero-order chi connectivity index (χ0) is 15.2. The van der Waals surface area contributed by atoms with Gasteiger partial charge in [-0.15, -0.1) is 5.10 Å². The number of carbonyl (C=O) groups is 1. The zero-order valence-electron chi connectivity index (χ0n) is 11.9. The third-order valence-corrected chi connectivity index (χ3v) is 3.56. The molecule has 21 heavy (non-hydrogen) atoms. The van der Waals surface area contributed by atoms with Gasteiger partial charge in [0.15, 0.2) is 0 Å². The highest BCUT2D eigenvalue weighted by atomic mass is 32.2. The fourth-order valence-electron chi connectivity index (χ4n) is 1.55. The Balaban J connectivity index is 1.97. The molecule has 0 saturated heterocycles. The number of nitrogens with zero attached hydrogens (tertiary/aromatic N) is 4. The summed E-state index contributed by atoms with van der Waals surface area (Å²) < 4.78 is 11.8. The summed E-state index contributed by atoms with van der Waals surface area (Å²) >= 11 is 1.25. The highest BCUT2D eigenvalue weighted by Gasteiger charge is 2.09. The van der Waals surface area contributed by atoms with E-state index in [0.29, 0.717) is 22.3 Å². The minimum atomic E-state index is -0.168. The lowest BCUT2D eigenvalue weighted by atomic mass is 10.2. The number of rotatable bonds is 6. The van der Waals surface area contributed by atoms with Crippen molar-refractivity contribution in [1.82, 2.24) is 20.2 Å². The van der Waals surface area contributed by atoms with Crippen LogP contribution in [0.15, 0.2) is 23.4 Å². The molecule has 8 nitrogen and oxygen atoms in total. The molecule has 0 radical (unpaired) electrons. The van der Waals surface area contributed by atoms with Crippen molar-refractivity contribution < 1.29 is 14.3 Å². The highest BCUT2D eigenvalue weighted by molar-refractivity contribution is 7.99. The van der Waals surface area contributed by atoms with Crippen molar-refractivity contribution in [3.05, 3.63) is 18.2 Å². The summed E-state index contributed by atoms with van der Waals surface area (Å²) in [7, 11) is 4.82. The Morgan fingerprint density at radius 1 is 1.29 bits per heavy atom. The van der Waals surface area contributed by atoms with Crippen LogP contribution in [-0.4, -0.2) is 46.1 Å². The van der Waals surface area contributed by atoms with E-state index in [1.165, 1.54) is 16.4 Å². The van der Waals surface area contributed by atoms with Crippen LogP contribution in [0.5, 0.6) is 11.5 Å². The second kappa shape index (κ2) is 6.93. The van der Waals surface area contributed by atoms with E-state index < -0.39 is 0 Å². The van der Waals surface area contributed by atoms with Crippen LogP contribution in [0.2, 0.25) is 0 Å². The van der Waals surface area contributed by atoms with E-state index in [9.17, 15) is 4.79 Å². The molecule has 1 N–H and O–H groups in total. The van der Waals surface area contributed by atoms with Gasteiger partial charge in [-0.25, -0.2) is 4.68 Å². The molecule has 0 unspecified atom stereocenters. The summed E-state index contributed by atoms with van der Waals surface area (Å²) in [5, 5.41) is 14.3. The first-order valence-electron chi connectivity index (χ1n) is 6.00. The van der Waals surface area contributed by atoms with E-state index >= 15 is 0 Å². The SMILES string of the molecule is COc1cc(NC(=O)CSc2nnnn2C)cc(OC)c1. The van der Waals surface area contributed by atoms with Crippen LogP contribution in [0, 0.1) is 0 Å². The van der Waals surface area contributed by atoms with Crippen LogP contribution in [0.3, 0.4) is 0 Å². The number of tetrazole rings is 1. The molecule has 9 heteroatoms. The molecular weight excluding hydrogens is 294 g/mol. The van der Waals surface area contributed by atoms with Gasteiger partial charge in [0.05, 0.1) is 20.0 Å². The number of benzene rings is 1. The maximum Gasteiger partial charge on any atom is 0.234 e. The van der Waals surface area contributed by atoms with Crippen LogP contribution in [0.25, 0.3) is 0 Å². The summed E-state index contributed by atoms with van der Waals surface area (Å²) in [5.41, 5.74) is 0.605. The Morgan fingerprint density at radius 2 is 1.95 bits per heavy atom. The summed E-state index contributed by atoms with van der Waals surface area (Å²) in [6.45, 7) is 0. The Morgan fingerprint density at radius 3 is 2.48 bits per heavy atom. The lowest BCUT2D eigenvalue weighted by molar-refractivity contribution is -0.113. The first-order valence-corrected chi connectivity index (χ1v) is 6.99. The van der Waals surface area contributed by atoms with Gasteiger partial charge >= 0.3 is 0 Å². The molecular formula is C12H15N5O3S. The zero-order valence-corrected chi connectivity index (χ0v) is 12.7. The van der Waals surface area contributed by atoms with E-state index in [1.807, 2.05) is 0 Å². The third-order valence-electron chi connectivity index (χ3n) is 2.55. The van der Waals surface area contributed by atoms with Crippen molar-refractivity contribution in [3.8, 4) is 11.5 Å². The number of methoxy groups -OCH3 is 2. The molecule has 0 aliphatic carbocycles.